The molecule has 3 aliphatic rings. The summed E-state index contributed by atoms with van der Waals surface area (Å²) < 4.78 is 27.1. The quantitative estimate of drug-likeness (QED) is 0.694. The molecular weight excluding hydrogens is 412 g/mol. The first-order valence-corrected chi connectivity index (χ1v) is 13.3. The van der Waals surface area contributed by atoms with E-state index in [0.29, 0.717) is 25.3 Å². The summed E-state index contributed by atoms with van der Waals surface area (Å²) in [6, 6.07) is 6.63. The SMILES string of the molecule is O=C(CN1CCN(CC2CCCCC2)CC1)Nc1cccc(S(=O)(=O)N2CCCC2)c1. The average Bonchev–Trinajstić information content (AvgIpc) is 3.32. The minimum absolute atomic E-state index is 0.0866. The highest BCUT2D eigenvalue weighted by Crippen LogP contribution is 2.25. The number of carbonyl (C=O) groups excluding carboxylic acids is 1. The number of sulfonamides is 1. The third-order valence-electron chi connectivity index (χ3n) is 6.89. The van der Waals surface area contributed by atoms with E-state index < -0.39 is 10.0 Å². The molecule has 8 heteroatoms. The second-order valence-corrected chi connectivity index (χ2v) is 11.2. The Morgan fingerprint density at radius 2 is 1.58 bits per heavy atom. The van der Waals surface area contributed by atoms with Gasteiger partial charge in [0.15, 0.2) is 0 Å². The van der Waals surface area contributed by atoms with Crippen molar-refractivity contribution >= 4 is 21.6 Å². The van der Waals surface area contributed by atoms with Crippen molar-refractivity contribution < 1.29 is 13.2 Å². The molecule has 172 valence electrons. The zero-order valence-corrected chi connectivity index (χ0v) is 19.3. The van der Waals surface area contributed by atoms with Crippen LogP contribution < -0.4 is 5.32 Å². The molecular formula is C23H36N4O3S. The van der Waals surface area contributed by atoms with Crippen LogP contribution in [-0.4, -0.2) is 80.8 Å². The Labute approximate surface area is 186 Å². The lowest BCUT2D eigenvalue weighted by Gasteiger charge is -2.37. The third kappa shape index (κ3) is 6.06. The fraction of sp³-hybridized carbons (Fsp3) is 0.696. The predicted molar refractivity (Wildman–Crippen MR) is 123 cm³/mol. The number of nitrogens with one attached hydrogen (secondary N) is 1. The molecule has 31 heavy (non-hydrogen) atoms. The summed E-state index contributed by atoms with van der Waals surface area (Å²) in [6.07, 6.45) is 8.71. The van der Waals surface area contributed by atoms with E-state index in [-0.39, 0.29) is 10.8 Å². The Morgan fingerprint density at radius 1 is 0.903 bits per heavy atom. The Bertz CT molecular complexity index is 840. The van der Waals surface area contributed by atoms with Gasteiger partial charge in [-0.2, -0.15) is 4.31 Å². The highest BCUT2D eigenvalue weighted by atomic mass is 32.2. The van der Waals surface area contributed by atoms with E-state index in [1.54, 1.807) is 24.3 Å². The maximum atomic E-state index is 12.8. The van der Waals surface area contributed by atoms with Gasteiger partial charge in [0.05, 0.1) is 11.4 Å². The lowest BCUT2D eigenvalue weighted by molar-refractivity contribution is -0.117. The molecule has 0 spiro atoms. The van der Waals surface area contributed by atoms with Crippen molar-refractivity contribution in [2.75, 3.05) is 57.7 Å². The Balaban J connectivity index is 1.25. The van der Waals surface area contributed by atoms with Crippen molar-refractivity contribution in [3.63, 3.8) is 0 Å². The van der Waals surface area contributed by atoms with Crippen LogP contribution in [0.25, 0.3) is 0 Å². The van der Waals surface area contributed by atoms with E-state index in [1.165, 1.54) is 43.0 Å². The molecule has 4 rings (SSSR count). The second-order valence-electron chi connectivity index (χ2n) is 9.27. The number of benzene rings is 1. The Morgan fingerprint density at radius 3 is 2.29 bits per heavy atom. The Kier molecular flexibility index (Phi) is 7.63. The standard InChI is InChI=1S/C23H36N4O3S/c28-23(19-26-15-13-25(14-16-26)18-20-7-2-1-3-8-20)24-21-9-6-10-22(17-21)31(29,30)27-11-4-5-12-27/h6,9-10,17,20H,1-5,7-8,11-16,18-19H2,(H,24,28). The number of anilines is 1. The first-order valence-electron chi connectivity index (χ1n) is 11.9. The fourth-order valence-corrected chi connectivity index (χ4v) is 6.64. The van der Waals surface area contributed by atoms with Crippen molar-refractivity contribution in [3.8, 4) is 0 Å². The van der Waals surface area contributed by atoms with Crippen LogP contribution in [0.5, 0.6) is 0 Å². The van der Waals surface area contributed by atoms with Gasteiger partial charge in [0, 0.05) is 51.5 Å². The van der Waals surface area contributed by atoms with Crippen molar-refractivity contribution in [1.82, 2.24) is 14.1 Å². The summed E-state index contributed by atoms with van der Waals surface area (Å²) in [5.41, 5.74) is 0.543. The summed E-state index contributed by atoms with van der Waals surface area (Å²) in [4.78, 5) is 17.6. The van der Waals surface area contributed by atoms with E-state index in [2.05, 4.69) is 15.1 Å². The number of hydrogen-bond donors (Lipinski definition) is 1. The van der Waals surface area contributed by atoms with E-state index >= 15 is 0 Å². The first kappa shape index (κ1) is 22.7. The van der Waals surface area contributed by atoms with Crippen molar-refractivity contribution in [2.45, 2.75) is 49.8 Å². The van der Waals surface area contributed by atoms with Crippen LogP contribution in [0.3, 0.4) is 0 Å². The van der Waals surface area contributed by atoms with Crippen LogP contribution >= 0.6 is 0 Å². The van der Waals surface area contributed by atoms with Gasteiger partial charge in [-0.1, -0.05) is 25.3 Å². The minimum Gasteiger partial charge on any atom is -0.325 e. The van der Waals surface area contributed by atoms with Gasteiger partial charge in [-0.05, 0) is 49.8 Å². The molecule has 1 aromatic carbocycles. The monoisotopic (exact) mass is 448 g/mol. The molecule has 3 fully saturated rings. The lowest BCUT2D eigenvalue weighted by Crippen LogP contribution is -2.49. The van der Waals surface area contributed by atoms with Crippen LogP contribution in [0, 0.1) is 5.92 Å². The zero-order chi connectivity index (χ0) is 21.7. The molecule has 0 aromatic heterocycles. The Hall–Kier alpha value is -1.48. The van der Waals surface area contributed by atoms with Crippen molar-refractivity contribution in [2.24, 2.45) is 5.92 Å². The van der Waals surface area contributed by atoms with E-state index in [9.17, 15) is 13.2 Å². The molecule has 1 aliphatic carbocycles. The molecule has 1 aromatic rings. The van der Waals surface area contributed by atoms with Crippen LogP contribution in [0.1, 0.15) is 44.9 Å². The topological polar surface area (TPSA) is 73.0 Å². The number of nitrogens with zero attached hydrogens (tertiary/aromatic N) is 3. The summed E-state index contributed by atoms with van der Waals surface area (Å²) in [5.74, 6) is 0.768. The van der Waals surface area contributed by atoms with Gasteiger partial charge in [0.2, 0.25) is 15.9 Å². The smallest absolute Gasteiger partial charge is 0.243 e. The molecule has 1 saturated carbocycles. The number of rotatable bonds is 7. The molecule has 7 nitrogen and oxygen atoms in total. The molecule has 2 aliphatic heterocycles. The van der Waals surface area contributed by atoms with Gasteiger partial charge in [-0.25, -0.2) is 8.42 Å². The predicted octanol–water partition coefficient (Wildman–Crippen LogP) is 2.61. The van der Waals surface area contributed by atoms with Gasteiger partial charge in [-0.3, -0.25) is 9.69 Å². The number of amides is 1. The van der Waals surface area contributed by atoms with Gasteiger partial charge in [0.25, 0.3) is 0 Å². The molecule has 0 bridgehead atoms. The molecule has 0 atom stereocenters. The summed E-state index contributed by atoms with van der Waals surface area (Å²) in [5, 5.41) is 2.89. The summed E-state index contributed by atoms with van der Waals surface area (Å²) >= 11 is 0. The van der Waals surface area contributed by atoms with Crippen LogP contribution in [0.4, 0.5) is 5.69 Å². The van der Waals surface area contributed by atoms with Gasteiger partial charge in [0.1, 0.15) is 0 Å². The number of carbonyl (C=O) groups is 1. The largest absolute Gasteiger partial charge is 0.325 e. The van der Waals surface area contributed by atoms with Gasteiger partial charge >= 0.3 is 0 Å². The molecule has 1 N–H and O–H groups in total. The van der Waals surface area contributed by atoms with Gasteiger partial charge in [-0.15, -0.1) is 0 Å². The van der Waals surface area contributed by atoms with E-state index in [1.807, 2.05) is 0 Å². The highest BCUT2D eigenvalue weighted by molar-refractivity contribution is 7.89. The van der Waals surface area contributed by atoms with E-state index in [4.69, 9.17) is 0 Å². The fourth-order valence-electron chi connectivity index (χ4n) is 5.08. The molecule has 1 amide bonds. The van der Waals surface area contributed by atoms with E-state index in [0.717, 1.165) is 44.9 Å². The van der Waals surface area contributed by atoms with Gasteiger partial charge < -0.3 is 10.2 Å². The lowest BCUT2D eigenvalue weighted by atomic mass is 9.89. The molecule has 2 saturated heterocycles. The number of piperazine rings is 1. The van der Waals surface area contributed by atoms with Crippen molar-refractivity contribution in [1.29, 1.82) is 0 Å². The normalized spacial score (nSPS) is 22.6. The summed E-state index contributed by atoms with van der Waals surface area (Å²) in [7, 11) is -3.48. The zero-order valence-electron chi connectivity index (χ0n) is 18.5. The van der Waals surface area contributed by atoms with Crippen LogP contribution in [0.15, 0.2) is 29.2 Å². The second kappa shape index (κ2) is 10.4. The average molecular weight is 449 g/mol. The van der Waals surface area contributed by atoms with Crippen molar-refractivity contribution in [3.05, 3.63) is 24.3 Å². The molecule has 0 radical (unpaired) electrons. The molecule has 0 unspecified atom stereocenters. The first-order chi connectivity index (χ1) is 15.0. The van der Waals surface area contributed by atoms with Crippen LogP contribution in [0.2, 0.25) is 0 Å². The highest BCUT2D eigenvalue weighted by Gasteiger charge is 2.27. The number of hydrogen-bond acceptors (Lipinski definition) is 5. The maximum absolute atomic E-state index is 12.8. The minimum atomic E-state index is -3.48. The van der Waals surface area contributed by atoms with Crippen LogP contribution in [-0.2, 0) is 14.8 Å². The maximum Gasteiger partial charge on any atom is 0.243 e. The molecule has 2 heterocycles. The summed E-state index contributed by atoms with van der Waals surface area (Å²) in [6.45, 7) is 6.56. The third-order valence-corrected chi connectivity index (χ3v) is 8.79.